The van der Waals surface area contributed by atoms with E-state index in [2.05, 4.69) is 27.8 Å². The molecule has 0 bridgehead atoms. The number of H-pyrrole nitrogens is 1. The van der Waals surface area contributed by atoms with Gasteiger partial charge in [-0.25, -0.2) is 4.39 Å². The molecule has 0 radical (unpaired) electrons. The topological polar surface area (TPSA) is 20.7 Å². The molecule has 0 fully saturated rings. The van der Waals surface area contributed by atoms with Crippen LogP contribution in [0.3, 0.4) is 0 Å². The van der Waals surface area contributed by atoms with E-state index in [0.717, 1.165) is 16.8 Å². The van der Waals surface area contributed by atoms with E-state index in [-0.39, 0.29) is 11.9 Å². The third kappa shape index (κ3) is 2.44. The fourth-order valence-electron chi connectivity index (χ4n) is 1.87. The van der Waals surface area contributed by atoms with Gasteiger partial charge in [0.2, 0.25) is 0 Å². The lowest BCUT2D eigenvalue weighted by atomic mass is 10.3. The van der Waals surface area contributed by atoms with Crippen LogP contribution in [0.15, 0.2) is 16.6 Å². The van der Waals surface area contributed by atoms with Gasteiger partial charge in [-0.2, -0.15) is 11.8 Å². The first kappa shape index (κ1) is 13.1. The van der Waals surface area contributed by atoms with Crippen molar-refractivity contribution in [1.29, 1.82) is 0 Å². The smallest absolute Gasteiger partial charge is 0.178 e. The van der Waals surface area contributed by atoms with E-state index in [0.29, 0.717) is 9.24 Å². The number of thioether (sulfide) groups is 1. The van der Waals surface area contributed by atoms with Crippen molar-refractivity contribution in [2.75, 3.05) is 12.0 Å². The van der Waals surface area contributed by atoms with Gasteiger partial charge in [-0.05, 0) is 47.4 Å². The maximum Gasteiger partial charge on any atom is 0.178 e. The van der Waals surface area contributed by atoms with Gasteiger partial charge in [0.05, 0.1) is 15.5 Å². The molecule has 0 aliphatic heterocycles. The normalized spacial score (nSPS) is 13.2. The van der Waals surface area contributed by atoms with Gasteiger partial charge >= 0.3 is 0 Å². The van der Waals surface area contributed by atoms with Crippen LogP contribution in [0.1, 0.15) is 13.0 Å². The number of hydrogen-bond donors (Lipinski definition) is 1. The molecule has 92 valence electrons. The number of hydrogen-bond acceptors (Lipinski definition) is 2. The molecule has 2 rings (SSSR count). The average Bonchev–Trinajstić information content (AvgIpc) is 2.55. The molecule has 0 aliphatic carbocycles. The Morgan fingerprint density at radius 2 is 2.29 bits per heavy atom. The van der Waals surface area contributed by atoms with Crippen molar-refractivity contribution in [2.45, 2.75) is 13.0 Å². The highest BCUT2D eigenvalue weighted by Crippen LogP contribution is 2.26. The third-order valence-corrected chi connectivity index (χ3v) is 4.33. The standard InChI is InChI=1S/C11H12BrFN2S2/c1-6(5-17-2)15-10-4-8(13)7(12)3-9(10)14-11(15)16/h3-4,6H,5H2,1-2H3,(H,14,16). The molecule has 0 spiro atoms. The molecular weight excluding hydrogens is 323 g/mol. The molecule has 0 aliphatic rings. The second-order valence-corrected chi connectivity index (χ2v) is 6.04. The molecule has 17 heavy (non-hydrogen) atoms. The van der Waals surface area contributed by atoms with Crippen molar-refractivity contribution >= 4 is 50.9 Å². The zero-order chi connectivity index (χ0) is 12.6. The summed E-state index contributed by atoms with van der Waals surface area (Å²) in [7, 11) is 0. The molecule has 0 amide bonds. The number of nitrogens with zero attached hydrogens (tertiary/aromatic N) is 1. The van der Waals surface area contributed by atoms with E-state index in [4.69, 9.17) is 12.2 Å². The molecule has 1 aromatic heterocycles. The lowest BCUT2D eigenvalue weighted by Gasteiger charge is -2.13. The largest absolute Gasteiger partial charge is 0.331 e. The zero-order valence-electron chi connectivity index (χ0n) is 9.46. The number of fused-ring (bicyclic) bond motifs is 1. The molecule has 1 unspecified atom stereocenters. The Morgan fingerprint density at radius 1 is 1.59 bits per heavy atom. The molecule has 1 aromatic carbocycles. The fourth-order valence-corrected chi connectivity index (χ4v) is 3.24. The van der Waals surface area contributed by atoms with Gasteiger partial charge in [-0.1, -0.05) is 0 Å². The molecule has 1 atom stereocenters. The van der Waals surface area contributed by atoms with Gasteiger partial charge in [0.25, 0.3) is 0 Å². The first-order valence-corrected chi connectivity index (χ1v) is 7.72. The average molecular weight is 335 g/mol. The van der Waals surface area contributed by atoms with Gasteiger partial charge in [0, 0.05) is 17.9 Å². The molecular formula is C11H12BrFN2S2. The van der Waals surface area contributed by atoms with Crippen molar-refractivity contribution in [1.82, 2.24) is 9.55 Å². The summed E-state index contributed by atoms with van der Waals surface area (Å²) in [5.41, 5.74) is 1.67. The van der Waals surface area contributed by atoms with Gasteiger partial charge in [-0.3, -0.25) is 0 Å². The van der Waals surface area contributed by atoms with E-state index in [9.17, 15) is 4.39 Å². The summed E-state index contributed by atoms with van der Waals surface area (Å²) in [6.45, 7) is 2.08. The second-order valence-electron chi connectivity index (χ2n) is 3.89. The van der Waals surface area contributed by atoms with Gasteiger partial charge < -0.3 is 9.55 Å². The zero-order valence-corrected chi connectivity index (χ0v) is 12.7. The summed E-state index contributed by atoms with van der Waals surface area (Å²) in [4.78, 5) is 3.11. The number of aromatic nitrogens is 2. The van der Waals surface area contributed by atoms with Gasteiger partial charge in [0.15, 0.2) is 4.77 Å². The van der Waals surface area contributed by atoms with E-state index in [1.165, 1.54) is 6.07 Å². The third-order valence-electron chi connectivity index (χ3n) is 2.61. The summed E-state index contributed by atoms with van der Waals surface area (Å²) in [5, 5.41) is 0. The van der Waals surface area contributed by atoms with Gasteiger partial charge in [0.1, 0.15) is 5.82 Å². The predicted octanol–water partition coefficient (Wildman–Crippen LogP) is 4.52. The van der Waals surface area contributed by atoms with Crippen molar-refractivity contribution < 1.29 is 4.39 Å². The highest BCUT2D eigenvalue weighted by atomic mass is 79.9. The van der Waals surface area contributed by atoms with Crippen LogP contribution < -0.4 is 0 Å². The van der Waals surface area contributed by atoms with E-state index in [1.54, 1.807) is 17.8 Å². The molecule has 2 nitrogen and oxygen atoms in total. The van der Waals surface area contributed by atoms with Crippen molar-refractivity contribution in [3.05, 3.63) is 27.2 Å². The summed E-state index contributed by atoms with van der Waals surface area (Å²) >= 11 is 10.2. The predicted molar refractivity (Wildman–Crippen MR) is 77.9 cm³/mol. The Labute approximate surface area is 117 Å². The number of benzene rings is 1. The monoisotopic (exact) mass is 334 g/mol. The number of imidazole rings is 1. The molecule has 0 saturated carbocycles. The minimum absolute atomic E-state index is 0.242. The second kappa shape index (κ2) is 5.12. The Hall–Kier alpha value is -0.330. The highest BCUT2D eigenvalue weighted by molar-refractivity contribution is 9.10. The first-order valence-electron chi connectivity index (χ1n) is 5.12. The maximum atomic E-state index is 13.6. The lowest BCUT2D eigenvalue weighted by molar-refractivity contribution is 0.607. The number of halogens is 2. The Morgan fingerprint density at radius 3 is 2.94 bits per heavy atom. The molecule has 0 saturated heterocycles. The van der Waals surface area contributed by atoms with Crippen LogP contribution in [0.25, 0.3) is 11.0 Å². The van der Waals surface area contributed by atoms with Crippen molar-refractivity contribution in [2.24, 2.45) is 0 Å². The van der Waals surface area contributed by atoms with Crippen LogP contribution in [0.4, 0.5) is 4.39 Å². The Bertz CT molecular complexity index is 605. The number of nitrogens with one attached hydrogen (secondary N) is 1. The SMILES string of the molecule is CSCC(C)n1c(=S)[nH]c2cc(Br)c(F)cc21. The van der Waals surface area contributed by atoms with Crippen LogP contribution in [-0.2, 0) is 0 Å². The minimum atomic E-state index is -0.267. The van der Waals surface area contributed by atoms with Gasteiger partial charge in [-0.15, -0.1) is 0 Å². The molecule has 1 heterocycles. The summed E-state index contributed by atoms with van der Waals surface area (Å²) in [5.74, 6) is 0.676. The molecule has 1 N–H and O–H groups in total. The van der Waals surface area contributed by atoms with E-state index >= 15 is 0 Å². The first-order chi connectivity index (χ1) is 8.04. The summed E-state index contributed by atoms with van der Waals surface area (Å²) in [6.07, 6.45) is 2.05. The van der Waals surface area contributed by atoms with Crippen molar-refractivity contribution in [3.8, 4) is 0 Å². The van der Waals surface area contributed by atoms with Crippen LogP contribution in [0.5, 0.6) is 0 Å². The lowest BCUT2D eigenvalue weighted by Crippen LogP contribution is -2.07. The van der Waals surface area contributed by atoms with Crippen LogP contribution >= 0.6 is 39.9 Å². The van der Waals surface area contributed by atoms with Crippen LogP contribution in [-0.4, -0.2) is 21.6 Å². The number of aromatic amines is 1. The van der Waals surface area contributed by atoms with Crippen molar-refractivity contribution in [3.63, 3.8) is 0 Å². The highest BCUT2D eigenvalue weighted by Gasteiger charge is 2.13. The Balaban J connectivity index is 2.66. The number of rotatable bonds is 3. The quantitative estimate of drug-likeness (QED) is 0.832. The summed E-state index contributed by atoms with van der Waals surface area (Å²) in [6, 6.07) is 3.48. The van der Waals surface area contributed by atoms with E-state index in [1.807, 2.05) is 10.8 Å². The Kier molecular flexibility index (Phi) is 3.95. The minimum Gasteiger partial charge on any atom is -0.331 e. The summed E-state index contributed by atoms with van der Waals surface area (Å²) < 4.78 is 16.6. The van der Waals surface area contributed by atoms with E-state index < -0.39 is 0 Å². The molecule has 6 heteroatoms. The molecule has 2 aromatic rings. The van der Waals surface area contributed by atoms with Crippen LogP contribution in [0.2, 0.25) is 0 Å². The fraction of sp³-hybridized carbons (Fsp3) is 0.364. The maximum absolute atomic E-state index is 13.6. The van der Waals surface area contributed by atoms with Crippen LogP contribution in [0, 0.1) is 10.6 Å².